The molecule has 7 heteroatoms. The van der Waals surface area contributed by atoms with Gasteiger partial charge in [-0.1, -0.05) is 43.2 Å². The Kier molecular flexibility index (Phi) is 5.15. The fraction of sp³-hybridized carbons (Fsp3) is 0.200. The van der Waals surface area contributed by atoms with E-state index in [-0.39, 0.29) is 5.75 Å². The summed E-state index contributed by atoms with van der Waals surface area (Å²) in [6, 6.07) is 17.1. The van der Waals surface area contributed by atoms with Gasteiger partial charge in [-0.05, 0) is 48.4 Å². The maximum Gasteiger partial charge on any atom is 0.433 e. The van der Waals surface area contributed by atoms with Gasteiger partial charge in [0.2, 0.25) is 0 Å². The van der Waals surface area contributed by atoms with Crippen LogP contribution < -0.4 is 15.1 Å². The minimum atomic E-state index is -0.734. The number of rotatable bonds is 4. The maximum absolute atomic E-state index is 13.2. The highest BCUT2D eigenvalue weighted by molar-refractivity contribution is 6.35. The Morgan fingerprint density at radius 1 is 0.969 bits per heavy atom. The van der Waals surface area contributed by atoms with Crippen LogP contribution in [0.15, 0.2) is 65.8 Å². The number of carbonyl (C=O) groups is 3. The van der Waals surface area contributed by atoms with Crippen molar-refractivity contribution in [1.29, 1.82) is 0 Å². The molecule has 0 radical (unpaired) electrons. The molecule has 1 aliphatic carbocycles. The van der Waals surface area contributed by atoms with Crippen LogP contribution in [-0.4, -0.2) is 24.1 Å². The van der Waals surface area contributed by atoms with E-state index in [0.29, 0.717) is 28.1 Å². The lowest BCUT2D eigenvalue weighted by Crippen LogP contribution is -2.40. The van der Waals surface area contributed by atoms with Gasteiger partial charge < -0.3 is 4.74 Å². The molecule has 160 valence electrons. The van der Waals surface area contributed by atoms with Crippen LogP contribution >= 0.6 is 0 Å². The van der Waals surface area contributed by atoms with Gasteiger partial charge in [0.15, 0.2) is 0 Å². The van der Waals surface area contributed by atoms with Gasteiger partial charge in [0.25, 0.3) is 11.8 Å². The first kappa shape index (κ1) is 19.9. The SMILES string of the molecule is O=C(N/N=C/C1CCCC1)Oc1cccc(N2C(=O)c3cccc4cccc(c34)C2=O)c1. The molecule has 3 aromatic rings. The van der Waals surface area contributed by atoms with E-state index in [1.165, 1.54) is 18.9 Å². The highest BCUT2D eigenvalue weighted by Crippen LogP contribution is 2.33. The largest absolute Gasteiger partial charge is 0.433 e. The van der Waals surface area contributed by atoms with E-state index in [4.69, 9.17) is 4.74 Å². The van der Waals surface area contributed by atoms with Gasteiger partial charge in [-0.15, -0.1) is 0 Å². The Hall–Kier alpha value is -4.00. The topological polar surface area (TPSA) is 88.1 Å². The predicted molar refractivity (Wildman–Crippen MR) is 121 cm³/mol. The number of hydrogen-bond donors (Lipinski definition) is 1. The molecule has 0 unspecified atom stereocenters. The fourth-order valence-electron chi connectivity index (χ4n) is 4.38. The molecule has 0 saturated heterocycles. The number of hydrazone groups is 1. The lowest BCUT2D eigenvalue weighted by Gasteiger charge is -2.27. The summed E-state index contributed by atoms with van der Waals surface area (Å²) in [6.07, 6.45) is 5.53. The van der Waals surface area contributed by atoms with Crippen molar-refractivity contribution < 1.29 is 19.1 Å². The zero-order valence-corrected chi connectivity index (χ0v) is 17.3. The second-order valence-electron chi connectivity index (χ2n) is 7.98. The van der Waals surface area contributed by atoms with Crippen LogP contribution in [0.5, 0.6) is 5.75 Å². The van der Waals surface area contributed by atoms with E-state index in [1.807, 2.05) is 12.1 Å². The highest BCUT2D eigenvalue weighted by Gasteiger charge is 2.34. The molecule has 5 rings (SSSR count). The lowest BCUT2D eigenvalue weighted by molar-refractivity contribution is 0.0893. The molecule has 1 aliphatic heterocycles. The van der Waals surface area contributed by atoms with Crippen molar-refractivity contribution in [3.63, 3.8) is 0 Å². The van der Waals surface area contributed by atoms with Crippen molar-refractivity contribution in [3.05, 3.63) is 71.8 Å². The average molecular weight is 427 g/mol. The zero-order chi connectivity index (χ0) is 22.1. The quantitative estimate of drug-likeness (QED) is 0.364. The van der Waals surface area contributed by atoms with Crippen molar-refractivity contribution in [2.24, 2.45) is 11.0 Å². The molecule has 3 amide bonds. The third-order valence-corrected chi connectivity index (χ3v) is 5.90. The van der Waals surface area contributed by atoms with Crippen molar-refractivity contribution in [1.82, 2.24) is 5.43 Å². The van der Waals surface area contributed by atoms with Crippen LogP contribution in [0.3, 0.4) is 0 Å². The van der Waals surface area contributed by atoms with Gasteiger partial charge in [0.05, 0.1) is 5.69 Å². The highest BCUT2D eigenvalue weighted by atomic mass is 16.6. The van der Waals surface area contributed by atoms with Gasteiger partial charge in [-0.3, -0.25) is 9.59 Å². The summed E-state index contributed by atoms with van der Waals surface area (Å²) in [6.45, 7) is 0. The number of imide groups is 1. The van der Waals surface area contributed by atoms with Crippen LogP contribution in [0.25, 0.3) is 10.8 Å². The molecular formula is C25H21N3O4. The van der Waals surface area contributed by atoms with E-state index >= 15 is 0 Å². The smallest absolute Gasteiger partial charge is 0.409 e. The normalized spacial score (nSPS) is 16.2. The third kappa shape index (κ3) is 3.62. The lowest BCUT2D eigenvalue weighted by atomic mass is 9.94. The number of amides is 3. The van der Waals surface area contributed by atoms with Gasteiger partial charge in [0, 0.05) is 28.8 Å². The molecule has 0 atom stereocenters. The van der Waals surface area contributed by atoms with E-state index < -0.39 is 17.9 Å². The van der Waals surface area contributed by atoms with Gasteiger partial charge in [-0.2, -0.15) is 5.10 Å². The minimum absolute atomic E-state index is 0.203. The van der Waals surface area contributed by atoms with E-state index in [1.54, 1.807) is 48.7 Å². The first-order valence-corrected chi connectivity index (χ1v) is 10.6. The molecule has 1 heterocycles. The fourth-order valence-corrected chi connectivity index (χ4v) is 4.38. The maximum atomic E-state index is 13.2. The van der Waals surface area contributed by atoms with Crippen LogP contribution in [0.1, 0.15) is 46.4 Å². The number of hydrogen-bond acceptors (Lipinski definition) is 5. The number of carbonyl (C=O) groups excluding carboxylic acids is 3. The summed E-state index contributed by atoms with van der Waals surface area (Å²) in [7, 11) is 0. The first-order valence-electron chi connectivity index (χ1n) is 10.6. The number of nitrogens with zero attached hydrogens (tertiary/aromatic N) is 2. The Balaban J connectivity index is 1.37. The predicted octanol–water partition coefficient (Wildman–Crippen LogP) is 4.90. The number of ether oxygens (including phenoxy) is 1. The van der Waals surface area contributed by atoms with Crippen molar-refractivity contribution >= 4 is 40.6 Å². The van der Waals surface area contributed by atoms with Gasteiger partial charge in [-0.25, -0.2) is 15.1 Å². The van der Waals surface area contributed by atoms with Crippen molar-refractivity contribution in [2.75, 3.05) is 4.90 Å². The monoisotopic (exact) mass is 427 g/mol. The van der Waals surface area contributed by atoms with Crippen LogP contribution in [0.4, 0.5) is 10.5 Å². The second-order valence-corrected chi connectivity index (χ2v) is 7.98. The molecule has 7 nitrogen and oxygen atoms in total. The number of nitrogens with one attached hydrogen (secondary N) is 1. The van der Waals surface area contributed by atoms with Crippen LogP contribution in [-0.2, 0) is 0 Å². The summed E-state index contributed by atoms with van der Waals surface area (Å²) in [5.41, 5.74) is 3.61. The summed E-state index contributed by atoms with van der Waals surface area (Å²) >= 11 is 0. The molecule has 0 bridgehead atoms. The summed E-state index contributed by atoms with van der Waals surface area (Å²) in [5.74, 6) is -0.236. The molecule has 1 fully saturated rings. The molecule has 1 saturated carbocycles. The summed E-state index contributed by atoms with van der Waals surface area (Å²) in [4.78, 5) is 39.6. The van der Waals surface area contributed by atoms with E-state index in [0.717, 1.165) is 23.1 Å². The minimum Gasteiger partial charge on any atom is -0.409 e. The molecule has 1 N–H and O–H groups in total. The third-order valence-electron chi connectivity index (χ3n) is 5.90. The van der Waals surface area contributed by atoms with E-state index in [9.17, 15) is 14.4 Å². The molecule has 0 spiro atoms. The first-order chi connectivity index (χ1) is 15.6. The molecular weight excluding hydrogens is 406 g/mol. The Labute approximate surface area is 184 Å². The standard InChI is InChI=1S/C25H21N3O4/c29-23-20-12-3-8-17-9-4-13-21(22(17)20)24(30)28(23)18-10-5-11-19(14-18)32-25(31)27-26-15-16-6-1-2-7-16/h3-5,8-16H,1-2,6-7H2,(H,27,31)/b26-15+. The van der Waals surface area contributed by atoms with Crippen molar-refractivity contribution in [3.8, 4) is 5.75 Å². The number of anilines is 1. The molecule has 2 aliphatic rings. The summed E-state index contributed by atoms with van der Waals surface area (Å²) in [5, 5.41) is 5.47. The molecule has 0 aromatic heterocycles. The van der Waals surface area contributed by atoms with Crippen molar-refractivity contribution in [2.45, 2.75) is 25.7 Å². The van der Waals surface area contributed by atoms with Crippen LogP contribution in [0.2, 0.25) is 0 Å². The van der Waals surface area contributed by atoms with Crippen LogP contribution in [0, 0.1) is 5.92 Å². The molecule has 32 heavy (non-hydrogen) atoms. The zero-order valence-electron chi connectivity index (χ0n) is 17.3. The average Bonchev–Trinajstić information content (AvgIpc) is 3.31. The summed E-state index contributed by atoms with van der Waals surface area (Å²) < 4.78 is 5.30. The van der Waals surface area contributed by atoms with E-state index in [2.05, 4.69) is 10.5 Å². The Bertz CT molecular complexity index is 1210. The van der Waals surface area contributed by atoms with Gasteiger partial charge in [0.1, 0.15) is 5.75 Å². The second kappa shape index (κ2) is 8.26. The Morgan fingerprint density at radius 2 is 1.62 bits per heavy atom. The number of benzene rings is 3. The Morgan fingerprint density at radius 3 is 2.31 bits per heavy atom. The van der Waals surface area contributed by atoms with Gasteiger partial charge >= 0.3 is 6.09 Å². The molecule has 3 aromatic carbocycles.